The van der Waals surface area contributed by atoms with Gasteiger partial charge in [0.1, 0.15) is 0 Å². The molecule has 3 heterocycles. The van der Waals surface area contributed by atoms with E-state index in [2.05, 4.69) is 26.6 Å². The average molecular weight is 369 g/mol. The first-order chi connectivity index (χ1) is 12.7. The topological polar surface area (TPSA) is 48.5 Å². The first-order valence-corrected chi connectivity index (χ1v) is 10.3. The molecule has 7 nitrogen and oxygen atoms in total. The molecule has 0 aromatic carbocycles. The van der Waals surface area contributed by atoms with Crippen LogP contribution in [0.25, 0.3) is 0 Å². The number of carbonyl (C=O) groups excluding carboxylic acids is 1. The van der Waals surface area contributed by atoms with E-state index in [4.69, 9.17) is 9.47 Å². The molecule has 0 bridgehead atoms. The largest absolute Gasteiger partial charge is 0.465 e. The highest BCUT2D eigenvalue weighted by molar-refractivity contribution is 5.71. The SMILES string of the molecule is CN1CCC(N2CCN(CC(=O)OCCCN3CCOCC3)CC2)CC1. The van der Waals surface area contributed by atoms with Crippen LogP contribution in [0.1, 0.15) is 19.3 Å². The van der Waals surface area contributed by atoms with E-state index in [0.29, 0.717) is 13.2 Å². The third-order valence-corrected chi connectivity index (χ3v) is 5.95. The summed E-state index contributed by atoms with van der Waals surface area (Å²) in [6, 6.07) is 0.737. The number of hydrogen-bond donors (Lipinski definition) is 0. The van der Waals surface area contributed by atoms with E-state index in [1.165, 1.54) is 25.9 Å². The summed E-state index contributed by atoms with van der Waals surface area (Å²) < 4.78 is 10.8. The number of nitrogens with zero attached hydrogens (tertiary/aromatic N) is 4. The molecule has 26 heavy (non-hydrogen) atoms. The highest BCUT2D eigenvalue weighted by atomic mass is 16.5. The fourth-order valence-electron chi connectivity index (χ4n) is 4.17. The van der Waals surface area contributed by atoms with Gasteiger partial charge >= 0.3 is 5.97 Å². The van der Waals surface area contributed by atoms with Gasteiger partial charge in [0.15, 0.2) is 0 Å². The van der Waals surface area contributed by atoms with Gasteiger partial charge in [-0.05, 0) is 39.4 Å². The number of ether oxygens (including phenoxy) is 2. The van der Waals surface area contributed by atoms with Crippen molar-refractivity contribution in [3.8, 4) is 0 Å². The molecule has 3 fully saturated rings. The maximum atomic E-state index is 12.1. The van der Waals surface area contributed by atoms with Crippen molar-refractivity contribution >= 4 is 5.97 Å². The zero-order valence-corrected chi connectivity index (χ0v) is 16.4. The number of likely N-dealkylation sites (tertiary alicyclic amines) is 1. The lowest BCUT2D eigenvalue weighted by Crippen LogP contribution is -2.53. The van der Waals surface area contributed by atoms with Crippen LogP contribution in [0.15, 0.2) is 0 Å². The Kier molecular flexibility index (Phi) is 8.13. The molecule has 0 saturated carbocycles. The second-order valence-electron chi connectivity index (χ2n) is 7.87. The summed E-state index contributed by atoms with van der Waals surface area (Å²) in [6.45, 7) is 12.2. The third-order valence-electron chi connectivity index (χ3n) is 5.95. The molecule has 0 aliphatic carbocycles. The van der Waals surface area contributed by atoms with Gasteiger partial charge in [-0.1, -0.05) is 0 Å². The number of carbonyl (C=O) groups is 1. The van der Waals surface area contributed by atoms with Crippen molar-refractivity contribution < 1.29 is 14.3 Å². The molecule has 0 spiro atoms. The van der Waals surface area contributed by atoms with Gasteiger partial charge in [0.2, 0.25) is 0 Å². The van der Waals surface area contributed by atoms with Crippen molar-refractivity contribution in [1.29, 1.82) is 0 Å². The number of piperidine rings is 1. The van der Waals surface area contributed by atoms with Gasteiger partial charge in [-0.2, -0.15) is 0 Å². The van der Waals surface area contributed by atoms with Crippen molar-refractivity contribution in [3.63, 3.8) is 0 Å². The summed E-state index contributed by atoms with van der Waals surface area (Å²) in [5, 5.41) is 0. The van der Waals surface area contributed by atoms with Gasteiger partial charge in [0, 0.05) is 51.9 Å². The molecule has 0 aromatic rings. The van der Waals surface area contributed by atoms with E-state index in [1.807, 2.05) is 0 Å². The number of esters is 1. The molecular weight excluding hydrogens is 332 g/mol. The lowest BCUT2D eigenvalue weighted by atomic mass is 10.0. The summed E-state index contributed by atoms with van der Waals surface area (Å²) in [5.74, 6) is -0.0697. The van der Waals surface area contributed by atoms with E-state index >= 15 is 0 Å². The molecule has 0 atom stereocenters. The van der Waals surface area contributed by atoms with Gasteiger partial charge in [-0.15, -0.1) is 0 Å². The van der Waals surface area contributed by atoms with E-state index in [-0.39, 0.29) is 5.97 Å². The molecule has 0 radical (unpaired) electrons. The van der Waals surface area contributed by atoms with Crippen LogP contribution < -0.4 is 0 Å². The number of morpholine rings is 1. The standard InChI is InChI=1S/C19H36N4O3/c1-20-6-3-18(4-7-20)23-10-8-22(9-11-23)17-19(24)26-14-2-5-21-12-15-25-16-13-21/h18H,2-17H2,1H3. The predicted octanol–water partition coefficient (Wildman–Crippen LogP) is -0.0363. The highest BCUT2D eigenvalue weighted by Gasteiger charge is 2.27. The van der Waals surface area contributed by atoms with Crippen LogP contribution in [0.2, 0.25) is 0 Å². The summed E-state index contributed by atoms with van der Waals surface area (Å²) >= 11 is 0. The molecule has 0 amide bonds. The fraction of sp³-hybridized carbons (Fsp3) is 0.947. The van der Waals surface area contributed by atoms with Gasteiger partial charge < -0.3 is 14.4 Å². The van der Waals surface area contributed by atoms with E-state index in [9.17, 15) is 4.79 Å². The Morgan fingerprint density at radius 2 is 1.65 bits per heavy atom. The second-order valence-corrected chi connectivity index (χ2v) is 7.87. The van der Waals surface area contributed by atoms with Crippen molar-refractivity contribution in [2.24, 2.45) is 0 Å². The van der Waals surface area contributed by atoms with Crippen molar-refractivity contribution in [2.75, 3.05) is 92.3 Å². The smallest absolute Gasteiger partial charge is 0.320 e. The maximum absolute atomic E-state index is 12.1. The first kappa shape index (κ1) is 20.0. The van der Waals surface area contributed by atoms with Gasteiger partial charge in [-0.25, -0.2) is 0 Å². The Labute approximate surface area is 158 Å². The molecule has 3 rings (SSSR count). The van der Waals surface area contributed by atoms with Gasteiger partial charge in [0.05, 0.1) is 26.4 Å². The van der Waals surface area contributed by atoms with Crippen LogP contribution in [0.3, 0.4) is 0 Å². The molecule has 3 aliphatic rings. The molecule has 7 heteroatoms. The fourth-order valence-corrected chi connectivity index (χ4v) is 4.17. The maximum Gasteiger partial charge on any atom is 0.320 e. The zero-order valence-electron chi connectivity index (χ0n) is 16.4. The molecule has 0 aromatic heterocycles. The summed E-state index contributed by atoms with van der Waals surface area (Å²) in [6.07, 6.45) is 3.47. The van der Waals surface area contributed by atoms with Crippen molar-refractivity contribution in [3.05, 3.63) is 0 Å². The molecule has 0 N–H and O–H groups in total. The average Bonchev–Trinajstić information content (AvgIpc) is 2.67. The Balaban J connectivity index is 1.24. The number of piperazine rings is 1. The summed E-state index contributed by atoms with van der Waals surface area (Å²) in [4.78, 5) is 21.7. The normalized spacial score (nSPS) is 25.4. The molecule has 3 saturated heterocycles. The molecule has 150 valence electrons. The van der Waals surface area contributed by atoms with Gasteiger partial charge in [0.25, 0.3) is 0 Å². The van der Waals surface area contributed by atoms with E-state index in [1.54, 1.807) is 0 Å². The Morgan fingerprint density at radius 1 is 0.962 bits per heavy atom. The Morgan fingerprint density at radius 3 is 2.35 bits per heavy atom. The lowest BCUT2D eigenvalue weighted by molar-refractivity contribution is -0.145. The summed E-state index contributed by atoms with van der Waals surface area (Å²) in [7, 11) is 2.21. The van der Waals surface area contributed by atoms with Crippen LogP contribution in [-0.2, 0) is 14.3 Å². The quantitative estimate of drug-likeness (QED) is 0.462. The molecule has 0 unspecified atom stereocenters. The summed E-state index contributed by atoms with van der Waals surface area (Å²) in [5.41, 5.74) is 0. The zero-order chi connectivity index (χ0) is 18.2. The monoisotopic (exact) mass is 368 g/mol. The predicted molar refractivity (Wildman–Crippen MR) is 101 cm³/mol. The van der Waals surface area contributed by atoms with Crippen LogP contribution in [-0.4, -0.2) is 124 Å². The van der Waals surface area contributed by atoms with Crippen LogP contribution >= 0.6 is 0 Å². The number of rotatable bonds is 7. The van der Waals surface area contributed by atoms with E-state index in [0.717, 1.165) is 71.5 Å². The van der Waals surface area contributed by atoms with E-state index < -0.39 is 0 Å². The Bertz CT molecular complexity index is 415. The van der Waals surface area contributed by atoms with Crippen LogP contribution in [0.4, 0.5) is 0 Å². The minimum Gasteiger partial charge on any atom is -0.465 e. The van der Waals surface area contributed by atoms with Crippen molar-refractivity contribution in [1.82, 2.24) is 19.6 Å². The molecular formula is C19H36N4O3. The van der Waals surface area contributed by atoms with Crippen LogP contribution in [0, 0.1) is 0 Å². The third kappa shape index (κ3) is 6.46. The van der Waals surface area contributed by atoms with Crippen LogP contribution in [0.5, 0.6) is 0 Å². The minimum absolute atomic E-state index is 0.0697. The van der Waals surface area contributed by atoms with Gasteiger partial charge in [-0.3, -0.25) is 19.5 Å². The minimum atomic E-state index is -0.0697. The van der Waals surface area contributed by atoms with Crippen molar-refractivity contribution in [2.45, 2.75) is 25.3 Å². The number of hydrogen-bond acceptors (Lipinski definition) is 7. The second kappa shape index (κ2) is 10.6. The highest BCUT2D eigenvalue weighted by Crippen LogP contribution is 2.17. The first-order valence-electron chi connectivity index (χ1n) is 10.3. The molecule has 3 aliphatic heterocycles. The Hall–Kier alpha value is -0.730. The lowest BCUT2D eigenvalue weighted by Gasteiger charge is -2.42.